The minimum Gasteiger partial charge on any atom is -0.497 e. The van der Waals surface area contributed by atoms with Gasteiger partial charge in [-0.2, -0.15) is 0 Å². The van der Waals surface area contributed by atoms with Crippen LogP contribution in [0.1, 0.15) is 27.5 Å². The smallest absolute Gasteiger partial charge is 0.251 e. The molecule has 142 valence electrons. The van der Waals surface area contributed by atoms with Gasteiger partial charge in [0.1, 0.15) is 11.3 Å². The lowest BCUT2D eigenvalue weighted by Crippen LogP contribution is -2.25. The van der Waals surface area contributed by atoms with E-state index in [1.165, 1.54) is 0 Å². The lowest BCUT2D eigenvalue weighted by molar-refractivity contribution is 0.0954. The number of oxazole rings is 1. The highest BCUT2D eigenvalue weighted by Crippen LogP contribution is 2.20. The molecule has 0 unspecified atom stereocenters. The molecule has 0 spiro atoms. The van der Waals surface area contributed by atoms with Crippen molar-refractivity contribution in [2.75, 3.05) is 13.7 Å². The molecule has 0 atom stereocenters. The van der Waals surface area contributed by atoms with Crippen LogP contribution in [0.25, 0.3) is 11.1 Å². The summed E-state index contributed by atoms with van der Waals surface area (Å²) in [5.41, 5.74) is 3.93. The summed E-state index contributed by atoms with van der Waals surface area (Å²) in [5, 5.41) is 2.90. The van der Waals surface area contributed by atoms with E-state index in [0.29, 0.717) is 36.4 Å². The molecule has 4 rings (SSSR count). The molecule has 2 aromatic heterocycles. The number of carbonyl (C=O) groups is 1. The summed E-state index contributed by atoms with van der Waals surface area (Å²) >= 11 is 0. The first-order valence-electron chi connectivity index (χ1n) is 8.99. The zero-order valence-corrected chi connectivity index (χ0v) is 15.4. The van der Waals surface area contributed by atoms with Gasteiger partial charge in [0, 0.05) is 36.8 Å². The molecule has 0 radical (unpaired) electrons. The first kappa shape index (κ1) is 17.8. The molecular formula is C21H20N4O3. The molecule has 0 saturated heterocycles. The van der Waals surface area contributed by atoms with Crippen LogP contribution in [0.15, 0.2) is 59.4 Å². The van der Waals surface area contributed by atoms with Gasteiger partial charge in [-0.25, -0.2) is 9.97 Å². The van der Waals surface area contributed by atoms with E-state index in [4.69, 9.17) is 9.15 Å². The summed E-state index contributed by atoms with van der Waals surface area (Å²) in [6, 6.07) is 13.1. The Morgan fingerprint density at radius 1 is 1.21 bits per heavy atom. The van der Waals surface area contributed by atoms with E-state index in [2.05, 4.69) is 20.3 Å². The zero-order chi connectivity index (χ0) is 19.3. The largest absolute Gasteiger partial charge is 0.497 e. The van der Waals surface area contributed by atoms with Crippen molar-refractivity contribution in [2.24, 2.45) is 0 Å². The quantitative estimate of drug-likeness (QED) is 0.517. The lowest BCUT2D eigenvalue weighted by Gasteiger charge is -2.04. The number of aromatic amines is 1. The molecule has 28 heavy (non-hydrogen) atoms. The second kappa shape index (κ2) is 7.96. The summed E-state index contributed by atoms with van der Waals surface area (Å²) in [7, 11) is 1.64. The third-order valence-corrected chi connectivity index (χ3v) is 4.44. The predicted octanol–water partition coefficient (Wildman–Crippen LogP) is 3.12. The van der Waals surface area contributed by atoms with Gasteiger partial charge in [-0.05, 0) is 35.9 Å². The first-order valence-corrected chi connectivity index (χ1v) is 8.99. The van der Waals surface area contributed by atoms with E-state index >= 15 is 0 Å². The summed E-state index contributed by atoms with van der Waals surface area (Å²) in [4.78, 5) is 23.8. The lowest BCUT2D eigenvalue weighted by atomic mass is 10.1. The van der Waals surface area contributed by atoms with Gasteiger partial charge in [0.25, 0.3) is 5.91 Å². The molecule has 0 fully saturated rings. The normalized spacial score (nSPS) is 10.9. The van der Waals surface area contributed by atoms with Crippen molar-refractivity contribution >= 4 is 17.0 Å². The van der Waals surface area contributed by atoms with Crippen LogP contribution < -0.4 is 10.1 Å². The molecule has 0 aliphatic carbocycles. The predicted molar refractivity (Wildman–Crippen MR) is 104 cm³/mol. The highest BCUT2D eigenvalue weighted by molar-refractivity contribution is 5.97. The van der Waals surface area contributed by atoms with Crippen LogP contribution in [-0.2, 0) is 12.8 Å². The molecule has 0 aliphatic heterocycles. The summed E-state index contributed by atoms with van der Waals surface area (Å²) in [6.45, 7) is 0.526. The van der Waals surface area contributed by atoms with Crippen molar-refractivity contribution in [3.63, 3.8) is 0 Å². The number of aromatic nitrogens is 3. The van der Waals surface area contributed by atoms with Gasteiger partial charge in [-0.1, -0.05) is 12.1 Å². The van der Waals surface area contributed by atoms with Crippen molar-refractivity contribution in [3.8, 4) is 5.75 Å². The molecule has 0 bridgehead atoms. The Kier molecular flexibility index (Phi) is 5.05. The minimum absolute atomic E-state index is 0.144. The van der Waals surface area contributed by atoms with E-state index in [-0.39, 0.29) is 5.91 Å². The number of benzene rings is 2. The Morgan fingerprint density at radius 3 is 2.82 bits per heavy atom. The summed E-state index contributed by atoms with van der Waals surface area (Å²) in [6.07, 6.45) is 4.64. The SMILES string of the molecule is COc1ccc(Cc2nc3ccc(C(=O)NCCc4cnc[nH]4)cc3o2)cc1. The van der Waals surface area contributed by atoms with Crippen LogP contribution in [0.5, 0.6) is 5.75 Å². The maximum Gasteiger partial charge on any atom is 0.251 e. The number of carbonyl (C=O) groups excluding carboxylic acids is 1. The number of fused-ring (bicyclic) bond motifs is 1. The molecule has 7 heteroatoms. The number of imidazole rings is 1. The van der Waals surface area contributed by atoms with E-state index in [9.17, 15) is 4.79 Å². The molecule has 2 N–H and O–H groups in total. The fraction of sp³-hybridized carbons (Fsp3) is 0.190. The molecule has 0 saturated carbocycles. The Morgan fingerprint density at radius 2 is 2.07 bits per heavy atom. The average Bonchev–Trinajstić information content (AvgIpc) is 3.37. The van der Waals surface area contributed by atoms with Crippen LogP contribution in [0.3, 0.4) is 0 Å². The zero-order valence-electron chi connectivity index (χ0n) is 15.4. The monoisotopic (exact) mass is 376 g/mol. The van der Waals surface area contributed by atoms with Crippen molar-refractivity contribution < 1.29 is 13.9 Å². The Balaban J connectivity index is 1.42. The van der Waals surface area contributed by atoms with E-state index in [1.807, 2.05) is 24.3 Å². The second-order valence-corrected chi connectivity index (χ2v) is 6.40. The van der Waals surface area contributed by atoms with Gasteiger partial charge < -0.3 is 19.5 Å². The average molecular weight is 376 g/mol. The van der Waals surface area contributed by atoms with Crippen LogP contribution in [0, 0.1) is 0 Å². The number of H-pyrrole nitrogens is 1. The number of ether oxygens (including phenoxy) is 1. The van der Waals surface area contributed by atoms with Gasteiger partial charge in [-0.3, -0.25) is 4.79 Å². The number of rotatable bonds is 7. The van der Waals surface area contributed by atoms with Crippen LogP contribution >= 0.6 is 0 Å². The fourth-order valence-corrected chi connectivity index (χ4v) is 2.94. The summed E-state index contributed by atoms with van der Waals surface area (Å²) in [5.74, 6) is 1.27. The topological polar surface area (TPSA) is 93.0 Å². The van der Waals surface area contributed by atoms with Gasteiger partial charge in [-0.15, -0.1) is 0 Å². The third kappa shape index (κ3) is 4.03. The molecule has 0 aliphatic rings. The maximum absolute atomic E-state index is 12.4. The molecule has 2 heterocycles. The minimum atomic E-state index is -0.144. The van der Waals surface area contributed by atoms with Crippen molar-refractivity contribution in [3.05, 3.63) is 77.7 Å². The van der Waals surface area contributed by atoms with E-state index in [0.717, 1.165) is 22.5 Å². The molecule has 1 amide bonds. The van der Waals surface area contributed by atoms with Crippen molar-refractivity contribution in [1.82, 2.24) is 20.3 Å². The van der Waals surface area contributed by atoms with Gasteiger partial charge >= 0.3 is 0 Å². The number of nitrogens with zero attached hydrogens (tertiary/aromatic N) is 2. The number of hydrogen-bond acceptors (Lipinski definition) is 5. The maximum atomic E-state index is 12.4. The van der Waals surface area contributed by atoms with Crippen LogP contribution in [0.2, 0.25) is 0 Å². The highest BCUT2D eigenvalue weighted by Gasteiger charge is 2.11. The third-order valence-electron chi connectivity index (χ3n) is 4.44. The van der Waals surface area contributed by atoms with E-state index < -0.39 is 0 Å². The van der Waals surface area contributed by atoms with Crippen molar-refractivity contribution in [1.29, 1.82) is 0 Å². The fourth-order valence-electron chi connectivity index (χ4n) is 2.94. The standard InChI is InChI=1S/C21H20N4O3/c1-27-17-5-2-14(3-6-17)10-20-25-18-7-4-15(11-19(18)28-20)21(26)23-9-8-16-12-22-13-24-16/h2-7,11-13H,8-10H2,1H3,(H,22,24)(H,23,26). The second-order valence-electron chi connectivity index (χ2n) is 6.40. The van der Waals surface area contributed by atoms with Crippen molar-refractivity contribution in [2.45, 2.75) is 12.8 Å². The van der Waals surface area contributed by atoms with Crippen LogP contribution in [0.4, 0.5) is 0 Å². The van der Waals surface area contributed by atoms with E-state index in [1.54, 1.807) is 37.8 Å². The first-order chi connectivity index (χ1) is 13.7. The number of amides is 1. The number of methoxy groups -OCH3 is 1. The number of nitrogens with one attached hydrogen (secondary N) is 2. The summed E-state index contributed by atoms with van der Waals surface area (Å²) < 4.78 is 11.0. The van der Waals surface area contributed by atoms with Gasteiger partial charge in [0.05, 0.1) is 13.4 Å². The highest BCUT2D eigenvalue weighted by atomic mass is 16.5. The molecule has 4 aromatic rings. The van der Waals surface area contributed by atoms with Gasteiger partial charge in [0.15, 0.2) is 11.5 Å². The van der Waals surface area contributed by atoms with Gasteiger partial charge in [0.2, 0.25) is 0 Å². The van der Waals surface area contributed by atoms with Crippen LogP contribution in [-0.4, -0.2) is 34.5 Å². The Bertz CT molecular complexity index is 1070. The molecule has 7 nitrogen and oxygen atoms in total. The molecular weight excluding hydrogens is 356 g/mol. The number of hydrogen-bond donors (Lipinski definition) is 2. The Hall–Kier alpha value is -3.61. The Labute approximate surface area is 161 Å². The molecule has 2 aromatic carbocycles.